The van der Waals surface area contributed by atoms with Crippen molar-refractivity contribution < 1.29 is 81.2 Å². The van der Waals surface area contributed by atoms with Gasteiger partial charge in [-0.3, -0.25) is 28.8 Å². The lowest BCUT2D eigenvalue weighted by molar-refractivity contribution is -0.378. The molecule has 0 spiro atoms. The van der Waals surface area contributed by atoms with Crippen LogP contribution in [0.15, 0.2) is 91.0 Å². The van der Waals surface area contributed by atoms with Gasteiger partial charge in [0.05, 0.1) is 6.61 Å². The fraction of sp³-hybridized carbons (Fsp3) is 0.442. The van der Waals surface area contributed by atoms with E-state index in [0.29, 0.717) is 16.7 Å². The van der Waals surface area contributed by atoms with Gasteiger partial charge in [-0.05, 0) is 16.7 Å². The summed E-state index contributed by atoms with van der Waals surface area (Å²) in [5.74, 6) is -5.15. The molecule has 0 bridgehead atoms. The lowest BCUT2D eigenvalue weighted by Gasteiger charge is -2.48. The van der Waals surface area contributed by atoms with Gasteiger partial charge in [-0.25, -0.2) is 0 Å². The van der Waals surface area contributed by atoms with Gasteiger partial charge in [0.25, 0.3) is 0 Å². The summed E-state index contributed by atoms with van der Waals surface area (Å²) in [5.41, 5.74) is 0.833. The lowest BCUT2D eigenvalue weighted by atomic mass is 9.80. The Hall–Kier alpha value is -5.72. The van der Waals surface area contributed by atoms with Crippen LogP contribution in [0.3, 0.4) is 0 Å². The smallest absolute Gasteiger partial charge is 0.303 e. The Morgan fingerprint density at radius 2 is 0.850 bits per heavy atom. The first-order chi connectivity index (χ1) is 28.6. The molecule has 322 valence electrons. The summed E-state index contributed by atoms with van der Waals surface area (Å²) in [7, 11) is 0. The molecule has 0 radical (unpaired) electrons. The molecule has 60 heavy (non-hydrogen) atoms. The average Bonchev–Trinajstić information content (AvgIpc) is 3.19. The molecule has 0 amide bonds. The van der Waals surface area contributed by atoms with Gasteiger partial charge >= 0.3 is 35.8 Å². The van der Waals surface area contributed by atoms with E-state index in [1.54, 1.807) is 0 Å². The maximum absolute atomic E-state index is 12.6. The van der Waals surface area contributed by atoms with Gasteiger partial charge in [0, 0.05) is 41.5 Å². The van der Waals surface area contributed by atoms with Crippen molar-refractivity contribution in [3.63, 3.8) is 0 Å². The number of hydrogen-bond donors (Lipinski definition) is 1. The van der Waals surface area contributed by atoms with Gasteiger partial charge in [-0.1, -0.05) is 91.0 Å². The predicted octanol–water partition coefficient (Wildman–Crippen LogP) is 3.04. The van der Waals surface area contributed by atoms with Crippen LogP contribution in [0.1, 0.15) is 58.2 Å². The molecule has 2 heterocycles. The predicted molar refractivity (Wildman–Crippen MR) is 204 cm³/mol. The van der Waals surface area contributed by atoms with Gasteiger partial charge in [0.1, 0.15) is 30.5 Å². The van der Waals surface area contributed by atoms with E-state index in [-0.39, 0.29) is 0 Å². The van der Waals surface area contributed by atoms with Crippen molar-refractivity contribution in [3.8, 4) is 0 Å². The minimum Gasteiger partial charge on any atom is -0.463 e. The SMILES string of the molecule is CC(=O)OC[C@H]1O[C@H](O[C@H]2O[C@H](COC(c3ccccc3)(c3ccccc3)c3ccccc3)[C@@H](O)[C@H](OC(C)=O)[C@H]2OC(C)=O)[C@H](OC(C)=O)[C@@H](OC(C)=O)[C@@H]1OC(C)=O. The fourth-order valence-electron chi connectivity index (χ4n) is 7.19. The zero-order valence-corrected chi connectivity index (χ0v) is 33.8. The molecule has 0 aromatic heterocycles. The summed E-state index contributed by atoms with van der Waals surface area (Å²) in [5, 5.41) is 11.9. The van der Waals surface area contributed by atoms with Gasteiger partial charge in [-0.15, -0.1) is 0 Å². The number of ether oxygens (including phenoxy) is 10. The normalized spacial score (nSPS) is 26.4. The highest BCUT2D eigenvalue weighted by atomic mass is 16.8. The Morgan fingerprint density at radius 1 is 0.483 bits per heavy atom. The molecular weight excluding hydrogens is 788 g/mol. The van der Waals surface area contributed by atoms with Crippen LogP contribution in [0.25, 0.3) is 0 Å². The maximum atomic E-state index is 12.6. The lowest BCUT2D eigenvalue weighted by Crippen LogP contribution is -2.66. The summed E-state index contributed by atoms with van der Waals surface area (Å²) >= 11 is 0. The van der Waals surface area contributed by atoms with Crippen LogP contribution in [0.2, 0.25) is 0 Å². The van der Waals surface area contributed by atoms with Gasteiger partial charge in [-0.2, -0.15) is 0 Å². The number of esters is 6. The van der Waals surface area contributed by atoms with E-state index in [9.17, 15) is 33.9 Å². The molecule has 17 nitrogen and oxygen atoms in total. The van der Waals surface area contributed by atoms with E-state index in [4.69, 9.17) is 47.4 Å². The first-order valence-electron chi connectivity index (χ1n) is 19.0. The Bertz CT molecular complexity index is 1840. The first kappa shape index (κ1) is 45.4. The largest absolute Gasteiger partial charge is 0.463 e. The number of rotatable bonds is 15. The standard InChI is InChI=1S/C43H48O17/c1-24(44)51-22-34-36(53-25(2)45)38(55-27(4)47)40(57-29(6)49)42(59-34)60-41-39(56-28(5)48)37(54-26(3)46)35(50)33(58-41)23-52-43(30-16-10-7-11-17-30,31-18-12-8-13-19-31)32-20-14-9-15-21-32/h7-21,33-42,50H,22-23H2,1-6H3/t33-,34-,35-,36-,37+,38+,39-,40-,41-,42-/m1/s1. The highest BCUT2D eigenvalue weighted by molar-refractivity contribution is 5.69. The number of hydrogen-bond acceptors (Lipinski definition) is 17. The van der Waals surface area contributed by atoms with Gasteiger partial charge < -0.3 is 52.5 Å². The van der Waals surface area contributed by atoms with Gasteiger partial charge in [0.15, 0.2) is 30.5 Å². The molecule has 1 N–H and O–H groups in total. The van der Waals surface area contributed by atoms with Crippen LogP contribution in [-0.2, 0) is 81.7 Å². The maximum Gasteiger partial charge on any atom is 0.303 e. The topological polar surface area (TPSA) is 215 Å². The van der Waals surface area contributed by atoms with Crippen LogP contribution < -0.4 is 0 Å². The molecule has 2 aliphatic heterocycles. The number of benzene rings is 3. The molecule has 2 aliphatic rings. The van der Waals surface area contributed by atoms with Crippen LogP contribution >= 0.6 is 0 Å². The number of carbonyl (C=O) groups is 6. The van der Waals surface area contributed by atoms with Crippen molar-refractivity contribution in [2.45, 2.75) is 109 Å². The number of carbonyl (C=O) groups excluding carboxylic acids is 6. The van der Waals surface area contributed by atoms with E-state index in [0.717, 1.165) is 41.5 Å². The second-order valence-electron chi connectivity index (χ2n) is 14.0. The van der Waals surface area contributed by atoms with E-state index in [2.05, 4.69) is 0 Å². The molecule has 10 atom stereocenters. The number of aliphatic hydroxyl groups excluding tert-OH is 1. The second kappa shape index (κ2) is 20.5. The first-order valence-corrected chi connectivity index (χ1v) is 19.0. The highest BCUT2D eigenvalue weighted by Gasteiger charge is 2.57. The minimum atomic E-state index is -1.82. The zero-order valence-electron chi connectivity index (χ0n) is 33.8. The Labute approximate surface area is 346 Å². The van der Waals surface area contributed by atoms with Crippen molar-refractivity contribution in [1.82, 2.24) is 0 Å². The minimum absolute atomic E-state index is 0.414. The van der Waals surface area contributed by atoms with E-state index >= 15 is 0 Å². The van der Waals surface area contributed by atoms with Crippen molar-refractivity contribution in [2.24, 2.45) is 0 Å². The third kappa shape index (κ3) is 11.1. The summed E-state index contributed by atoms with van der Waals surface area (Å²) in [6, 6.07) is 28.0. The Morgan fingerprint density at radius 3 is 1.27 bits per heavy atom. The molecule has 5 rings (SSSR count). The molecule has 0 unspecified atom stereocenters. The van der Waals surface area contributed by atoms with Crippen LogP contribution in [0.5, 0.6) is 0 Å². The second-order valence-corrected chi connectivity index (χ2v) is 14.0. The summed E-state index contributed by atoms with van der Waals surface area (Å²) in [4.78, 5) is 74.4. The molecule has 3 aromatic carbocycles. The molecule has 3 aromatic rings. The molecule has 2 saturated heterocycles. The summed E-state index contributed by atoms with van der Waals surface area (Å²) in [6.07, 6.45) is -16.4. The third-order valence-electron chi connectivity index (χ3n) is 9.44. The van der Waals surface area contributed by atoms with Crippen molar-refractivity contribution in [3.05, 3.63) is 108 Å². The fourth-order valence-corrected chi connectivity index (χ4v) is 7.19. The van der Waals surface area contributed by atoms with E-state index < -0.39 is 116 Å². The third-order valence-corrected chi connectivity index (χ3v) is 9.44. The van der Waals surface area contributed by atoms with Crippen LogP contribution in [0, 0.1) is 0 Å². The monoisotopic (exact) mass is 836 g/mol. The Kier molecular flexibility index (Phi) is 15.5. The summed E-state index contributed by atoms with van der Waals surface area (Å²) in [6.45, 7) is 5.45. The van der Waals surface area contributed by atoms with E-state index in [1.807, 2.05) is 91.0 Å². The van der Waals surface area contributed by atoms with Crippen molar-refractivity contribution in [2.75, 3.05) is 13.2 Å². The summed E-state index contributed by atoms with van der Waals surface area (Å²) < 4.78 is 58.6. The quantitative estimate of drug-likeness (QED) is 0.132. The van der Waals surface area contributed by atoms with Crippen LogP contribution in [-0.4, -0.2) is 116 Å². The average molecular weight is 837 g/mol. The highest BCUT2D eigenvalue weighted by Crippen LogP contribution is 2.42. The molecule has 0 aliphatic carbocycles. The number of aliphatic hydroxyl groups is 1. The van der Waals surface area contributed by atoms with E-state index in [1.165, 1.54) is 0 Å². The molecule has 17 heteroatoms. The van der Waals surface area contributed by atoms with Crippen LogP contribution in [0.4, 0.5) is 0 Å². The van der Waals surface area contributed by atoms with Gasteiger partial charge in [0.2, 0.25) is 12.6 Å². The molecular formula is C43H48O17. The molecule has 0 saturated carbocycles. The molecule has 2 fully saturated rings. The van der Waals surface area contributed by atoms with Crippen molar-refractivity contribution >= 4 is 35.8 Å². The Balaban J connectivity index is 1.60. The van der Waals surface area contributed by atoms with Crippen molar-refractivity contribution in [1.29, 1.82) is 0 Å². The zero-order chi connectivity index (χ0) is 43.6.